The molecule has 4 rings (SSSR count). The van der Waals surface area contributed by atoms with E-state index in [1.807, 2.05) is 73.9 Å². The van der Waals surface area contributed by atoms with Gasteiger partial charge in [-0.05, 0) is 37.2 Å². The summed E-state index contributed by atoms with van der Waals surface area (Å²) in [6.07, 6.45) is 2.94. The molecule has 1 fully saturated rings. The van der Waals surface area contributed by atoms with E-state index in [-0.39, 0.29) is 0 Å². The summed E-state index contributed by atoms with van der Waals surface area (Å²) < 4.78 is 1.85. The predicted octanol–water partition coefficient (Wildman–Crippen LogP) is 2.66. The molecule has 26 heavy (non-hydrogen) atoms. The molecule has 1 aliphatic heterocycles. The Morgan fingerprint density at radius 3 is 2.77 bits per heavy atom. The van der Waals surface area contributed by atoms with Crippen molar-refractivity contribution in [2.45, 2.75) is 26.3 Å². The Morgan fingerprint density at radius 1 is 1.19 bits per heavy atom. The van der Waals surface area contributed by atoms with Gasteiger partial charge in [0.1, 0.15) is 17.3 Å². The van der Waals surface area contributed by atoms with Crippen molar-refractivity contribution in [3.05, 3.63) is 36.5 Å². The quantitative estimate of drug-likeness (QED) is 0.751. The van der Waals surface area contributed by atoms with Crippen LogP contribution in [0.15, 0.2) is 36.5 Å². The number of aromatic nitrogens is 4. The van der Waals surface area contributed by atoms with E-state index in [4.69, 9.17) is 4.98 Å². The Morgan fingerprint density at radius 2 is 2.04 bits per heavy atom. The lowest BCUT2D eigenvalue weighted by atomic mass is 10.2. The van der Waals surface area contributed by atoms with Gasteiger partial charge in [-0.2, -0.15) is 0 Å². The normalized spacial score (nSPS) is 16.2. The summed E-state index contributed by atoms with van der Waals surface area (Å²) >= 11 is 0. The Hall–Kier alpha value is -2.67. The van der Waals surface area contributed by atoms with Gasteiger partial charge in [0, 0.05) is 26.7 Å². The zero-order valence-corrected chi connectivity index (χ0v) is 15.9. The van der Waals surface area contributed by atoms with E-state index in [2.05, 4.69) is 20.7 Å². The van der Waals surface area contributed by atoms with E-state index in [9.17, 15) is 0 Å². The van der Waals surface area contributed by atoms with Crippen molar-refractivity contribution in [1.82, 2.24) is 24.9 Å². The second-order valence-corrected chi connectivity index (χ2v) is 6.24. The average molecular weight is 353 g/mol. The summed E-state index contributed by atoms with van der Waals surface area (Å²) in [6.45, 7) is 6.04. The van der Waals surface area contributed by atoms with Gasteiger partial charge in [-0.3, -0.25) is 0 Å². The molecule has 0 radical (unpaired) electrons. The third-order valence-electron chi connectivity index (χ3n) is 4.23. The third kappa shape index (κ3) is 3.77. The molecule has 0 aromatic carbocycles. The van der Waals surface area contributed by atoms with Crippen LogP contribution in [0.2, 0.25) is 0 Å². The fraction of sp³-hybridized carbons (Fsp3) is 0.421. The molecule has 0 amide bonds. The summed E-state index contributed by atoms with van der Waals surface area (Å²) in [7, 11) is 3.95. The topological polar surface area (TPSA) is 70.4 Å². The maximum atomic E-state index is 4.75. The van der Waals surface area contributed by atoms with Crippen LogP contribution in [-0.4, -0.2) is 52.8 Å². The molecule has 2 N–H and O–H groups in total. The van der Waals surface area contributed by atoms with Crippen LogP contribution in [0.3, 0.4) is 0 Å². The first-order valence-electron chi connectivity index (χ1n) is 9.17. The molecular weight excluding hydrogens is 326 g/mol. The van der Waals surface area contributed by atoms with Gasteiger partial charge in [0.05, 0.1) is 11.9 Å². The zero-order chi connectivity index (χ0) is 18.5. The predicted molar refractivity (Wildman–Crippen MR) is 107 cm³/mol. The molecule has 4 heterocycles. The van der Waals surface area contributed by atoms with Crippen molar-refractivity contribution < 1.29 is 0 Å². The van der Waals surface area contributed by atoms with E-state index < -0.39 is 0 Å². The summed E-state index contributed by atoms with van der Waals surface area (Å²) in [4.78, 5) is 11.2. The summed E-state index contributed by atoms with van der Waals surface area (Å²) in [5.74, 6) is 1.77. The van der Waals surface area contributed by atoms with Gasteiger partial charge in [-0.1, -0.05) is 19.9 Å². The molecule has 1 unspecified atom stereocenters. The molecule has 0 aliphatic carbocycles. The first-order chi connectivity index (χ1) is 12.7. The number of hydrogen-bond acceptors (Lipinski definition) is 6. The smallest absolute Gasteiger partial charge is 0.154 e. The molecule has 0 bridgehead atoms. The lowest BCUT2D eigenvalue weighted by molar-refractivity contribution is 0.788. The first-order valence-corrected chi connectivity index (χ1v) is 9.17. The second kappa shape index (κ2) is 8.14. The van der Waals surface area contributed by atoms with Crippen molar-refractivity contribution in [2.24, 2.45) is 0 Å². The largest absolute Gasteiger partial charge is 0.366 e. The van der Waals surface area contributed by atoms with Crippen molar-refractivity contribution in [2.75, 3.05) is 37.4 Å². The van der Waals surface area contributed by atoms with Crippen LogP contribution in [0.25, 0.3) is 17.0 Å². The molecule has 3 aromatic rings. The monoisotopic (exact) mass is 353 g/mol. The van der Waals surface area contributed by atoms with Crippen molar-refractivity contribution in [3.63, 3.8) is 0 Å². The van der Waals surface area contributed by atoms with Gasteiger partial charge >= 0.3 is 0 Å². The summed E-state index contributed by atoms with van der Waals surface area (Å²) in [5.41, 5.74) is 2.57. The number of rotatable bonds is 4. The maximum Gasteiger partial charge on any atom is 0.154 e. The number of pyridine rings is 1. The standard InChI is InChI=1S/C17H21N7.C2H6/c1-23(2)17-7-6-16-19-11-14(24(16)22-17)13-4-3-5-15(21-13)20-12-8-9-18-10-12;1-2/h3-7,11-12,18H,8-10H2,1-2H3,(H,20,21);1-2H3. The highest BCUT2D eigenvalue weighted by atomic mass is 15.3. The van der Waals surface area contributed by atoms with Crippen molar-refractivity contribution in [3.8, 4) is 11.4 Å². The Labute approximate surface area is 154 Å². The average Bonchev–Trinajstić information content (AvgIpc) is 3.32. The van der Waals surface area contributed by atoms with Gasteiger partial charge in [0.2, 0.25) is 0 Å². The minimum atomic E-state index is 0.438. The zero-order valence-electron chi connectivity index (χ0n) is 15.9. The minimum Gasteiger partial charge on any atom is -0.366 e. The first kappa shape index (κ1) is 18.1. The lowest BCUT2D eigenvalue weighted by Crippen LogP contribution is -2.22. The summed E-state index contributed by atoms with van der Waals surface area (Å²) in [6, 6.07) is 10.4. The van der Waals surface area contributed by atoms with Crippen LogP contribution in [-0.2, 0) is 0 Å². The molecule has 0 spiro atoms. The van der Waals surface area contributed by atoms with Crippen LogP contribution in [0.5, 0.6) is 0 Å². The van der Waals surface area contributed by atoms with Crippen LogP contribution < -0.4 is 15.5 Å². The van der Waals surface area contributed by atoms with Crippen molar-refractivity contribution in [1.29, 1.82) is 0 Å². The van der Waals surface area contributed by atoms with Crippen LogP contribution in [0.4, 0.5) is 11.6 Å². The highest BCUT2D eigenvalue weighted by Gasteiger charge is 2.15. The Balaban J connectivity index is 0.000000948. The van der Waals surface area contributed by atoms with E-state index in [0.29, 0.717) is 6.04 Å². The molecule has 1 aliphatic rings. The number of hydrogen-bond donors (Lipinski definition) is 2. The van der Waals surface area contributed by atoms with E-state index >= 15 is 0 Å². The van der Waals surface area contributed by atoms with Crippen LogP contribution in [0, 0.1) is 0 Å². The van der Waals surface area contributed by atoms with E-state index in [1.54, 1.807) is 0 Å². The highest BCUT2D eigenvalue weighted by Crippen LogP contribution is 2.21. The second-order valence-electron chi connectivity index (χ2n) is 6.24. The van der Waals surface area contributed by atoms with Gasteiger partial charge in [-0.15, -0.1) is 5.10 Å². The summed E-state index contributed by atoms with van der Waals surface area (Å²) in [5, 5.41) is 11.5. The number of anilines is 2. The highest BCUT2D eigenvalue weighted by molar-refractivity contribution is 5.62. The van der Waals surface area contributed by atoms with Crippen LogP contribution in [0.1, 0.15) is 20.3 Å². The lowest BCUT2D eigenvalue weighted by Gasteiger charge is -2.13. The number of fused-ring (bicyclic) bond motifs is 1. The maximum absolute atomic E-state index is 4.75. The molecule has 138 valence electrons. The van der Waals surface area contributed by atoms with Crippen LogP contribution >= 0.6 is 0 Å². The van der Waals surface area contributed by atoms with Gasteiger partial charge < -0.3 is 15.5 Å². The number of nitrogens with one attached hydrogen (secondary N) is 2. The third-order valence-corrected chi connectivity index (χ3v) is 4.23. The fourth-order valence-electron chi connectivity index (χ4n) is 2.92. The van der Waals surface area contributed by atoms with Gasteiger partial charge in [0.25, 0.3) is 0 Å². The Bertz CT molecular complexity index is 850. The molecule has 7 heteroatoms. The Kier molecular flexibility index (Phi) is 5.68. The van der Waals surface area contributed by atoms with E-state index in [0.717, 1.165) is 48.2 Å². The SMILES string of the molecule is CC.CN(C)c1ccc2ncc(-c3cccc(NC4CCNC4)n3)n2n1. The molecule has 7 nitrogen and oxygen atoms in total. The number of nitrogens with zero attached hydrogens (tertiary/aromatic N) is 5. The van der Waals surface area contributed by atoms with E-state index in [1.165, 1.54) is 0 Å². The minimum absolute atomic E-state index is 0.438. The molecule has 1 saturated heterocycles. The van der Waals surface area contributed by atoms with Crippen molar-refractivity contribution >= 4 is 17.3 Å². The number of imidazole rings is 1. The molecule has 3 aromatic heterocycles. The molecule has 0 saturated carbocycles. The fourth-order valence-corrected chi connectivity index (χ4v) is 2.92. The van der Waals surface area contributed by atoms with Gasteiger partial charge in [-0.25, -0.2) is 14.5 Å². The molecule has 1 atom stereocenters. The molecular formula is C19H27N7. The van der Waals surface area contributed by atoms with Gasteiger partial charge in [0.15, 0.2) is 5.65 Å².